The van der Waals surface area contributed by atoms with Crippen molar-refractivity contribution in [1.82, 2.24) is 0 Å². The van der Waals surface area contributed by atoms with Crippen molar-refractivity contribution in [2.45, 2.75) is 19.3 Å². The highest BCUT2D eigenvalue weighted by Crippen LogP contribution is 2.32. The van der Waals surface area contributed by atoms with E-state index in [0.717, 1.165) is 6.07 Å². The third-order valence-corrected chi connectivity index (χ3v) is 2.53. The highest BCUT2D eigenvalue weighted by Gasteiger charge is 2.31. The van der Waals surface area contributed by atoms with Crippen LogP contribution in [-0.2, 0) is 4.79 Å². The predicted octanol–water partition coefficient (Wildman–Crippen LogP) is 3.23. The van der Waals surface area contributed by atoms with Crippen molar-refractivity contribution in [2.75, 3.05) is 5.32 Å². The quantitative estimate of drug-likeness (QED) is 0.891. The second kappa shape index (κ2) is 5.47. The lowest BCUT2D eigenvalue weighted by Gasteiger charge is -2.14. The zero-order valence-electron chi connectivity index (χ0n) is 9.08. The van der Waals surface area contributed by atoms with Crippen LogP contribution in [0.2, 0.25) is 0 Å². The van der Waals surface area contributed by atoms with Crippen LogP contribution in [-0.4, -0.2) is 23.5 Å². The van der Waals surface area contributed by atoms with Gasteiger partial charge in [-0.05, 0) is 41.1 Å². The lowest BCUT2D eigenvalue weighted by Crippen LogP contribution is -2.25. The van der Waals surface area contributed by atoms with Gasteiger partial charge in [-0.25, -0.2) is 0 Å². The summed E-state index contributed by atoms with van der Waals surface area (Å²) in [6.07, 6.45) is -4.77. The zero-order valence-corrected chi connectivity index (χ0v) is 10.7. The molecule has 0 aliphatic carbocycles. The van der Waals surface area contributed by atoms with E-state index >= 15 is 0 Å². The maximum atomic E-state index is 12.0. The van der Waals surface area contributed by atoms with E-state index in [4.69, 9.17) is 5.11 Å². The molecule has 2 N–H and O–H groups in total. The van der Waals surface area contributed by atoms with E-state index in [1.807, 2.05) is 0 Å². The van der Waals surface area contributed by atoms with Crippen LogP contribution in [0.4, 0.5) is 18.9 Å². The van der Waals surface area contributed by atoms with E-state index in [9.17, 15) is 18.0 Å². The van der Waals surface area contributed by atoms with Crippen molar-refractivity contribution in [2.24, 2.45) is 0 Å². The molecule has 0 aliphatic rings. The molecule has 18 heavy (non-hydrogen) atoms. The van der Waals surface area contributed by atoms with Crippen molar-refractivity contribution >= 4 is 27.6 Å². The first kappa shape index (κ1) is 14.6. The summed E-state index contributed by atoms with van der Waals surface area (Å²) in [5, 5.41) is 11.3. The largest absolute Gasteiger partial charge is 0.573 e. The molecule has 0 saturated carbocycles. The average molecular weight is 328 g/mol. The van der Waals surface area contributed by atoms with Crippen LogP contribution in [0.3, 0.4) is 0 Å². The molecule has 1 aromatic rings. The third kappa shape index (κ3) is 4.44. The molecule has 0 radical (unpaired) electrons. The summed E-state index contributed by atoms with van der Waals surface area (Å²) in [6.45, 7) is 1.41. The number of alkyl halides is 3. The van der Waals surface area contributed by atoms with E-state index in [-0.39, 0.29) is 4.47 Å². The summed E-state index contributed by atoms with van der Waals surface area (Å²) in [5.74, 6) is -1.46. The number of ether oxygens (including phenoxy) is 1. The fourth-order valence-electron chi connectivity index (χ4n) is 1.11. The van der Waals surface area contributed by atoms with Gasteiger partial charge < -0.3 is 15.2 Å². The fourth-order valence-corrected chi connectivity index (χ4v) is 1.57. The Labute approximate surface area is 109 Å². The summed E-state index contributed by atoms with van der Waals surface area (Å²) >= 11 is 2.91. The van der Waals surface area contributed by atoms with E-state index in [1.165, 1.54) is 19.1 Å². The van der Waals surface area contributed by atoms with Crippen LogP contribution in [0.15, 0.2) is 22.7 Å². The molecule has 0 aliphatic heterocycles. The number of hydrogen-bond donors (Lipinski definition) is 2. The Morgan fingerprint density at radius 3 is 2.56 bits per heavy atom. The number of rotatable bonds is 4. The Morgan fingerprint density at radius 2 is 2.11 bits per heavy atom. The minimum Gasteiger partial charge on any atom is -0.480 e. The second-order valence-corrected chi connectivity index (χ2v) is 4.25. The van der Waals surface area contributed by atoms with Gasteiger partial charge in [-0.2, -0.15) is 0 Å². The van der Waals surface area contributed by atoms with Gasteiger partial charge in [-0.3, -0.25) is 4.79 Å². The first-order chi connectivity index (χ1) is 8.19. The van der Waals surface area contributed by atoms with Crippen molar-refractivity contribution in [3.05, 3.63) is 22.7 Å². The highest BCUT2D eigenvalue weighted by molar-refractivity contribution is 9.10. The maximum Gasteiger partial charge on any atom is 0.573 e. The third-order valence-electron chi connectivity index (χ3n) is 1.91. The Hall–Kier alpha value is -1.44. The standard InChI is InChI=1S/C10H9BrF3NO3/c1-5(9(16)17)15-6-2-3-8(7(11)4-6)18-10(12,13)14/h2-5,15H,1H3,(H,16,17). The predicted molar refractivity (Wildman–Crippen MR) is 61.5 cm³/mol. The van der Waals surface area contributed by atoms with Gasteiger partial charge in [0, 0.05) is 5.69 Å². The van der Waals surface area contributed by atoms with Gasteiger partial charge in [0.1, 0.15) is 11.8 Å². The van der Waals surface area contributed by atoms with Crippen molar-refractivity contribution in [3.63, 3.8) is 0 Å². The molecule has 0 saturated heterocycles. The minimum absolute atomic E-state index is 0.0717. The number of nitrogens with one attached hydrogen (secondary N) is 1. The average Bonchev–Trinajstić information content (AvgIpc) is 2.20. The van der Waals surface area contributed by atoms with E-state index in [1.54, 1.807) is 0 Å². The Bertz CT molecular complexity index is 450. The van der Waals surface area contributed by atoms with E-state index < -0.39 is 24.1 Å². The number of halogens is 4. The van der Waals surface area contributed by atoms with Crippen LogP contribution in [0.25, 0.3) is 0 Å². The second-order valence-electron chi connectivity index (χ2n) is 3.40. The molecule has 8 heteroatoms. The first-order valence-electron chi connectivity index (χ1n) is 4.73. The summed E-state index contributed by atoms with van der Waals surface area (Å²) in [5.41, 5.74) is 0.367. The normalized spacial score (nSPS) is 12.9. The lowest BCUT2D eigenvalue weighted by molar-refractivity contribution is -0.274. The van der Waals surface area contributed by atoms with Crippen molar-refractivity contribution in [3.8, 4) is 5.75 Å². The Morgan fingerprint density at radius 1 is 1.50 bits per heavy atom. The van der Waals surface area contributed by atoms with Crippen LogP contribution >= 0.6 is 15.9 Å². The number of benzene rings is 1. The number of hydrogen-bond acceptors (Lipinski definition) is 3. The Kier molecular flexibility index (Phi) is 4.44. The highest BCUT2D eigenvalue weighted by atomic mass is 79.9. The fraction of sp³-hybridized carbons (Fsp3) is 0.300. The molecule has 1 rings (SSSR count). The van der Waals surface area contributed by atoms with Crippen LogP contribution < -0.4 is 10.1 Å². The molecule has 0 amide bonds. The van der Waals surface area contributed by atoms with Gasteiger partial charge in [0.2, 0.25) is 0 Å². The van der Waals surface area contributed by atoms with Crippen LogP contribution in [0.1, 0.15) is 6.92 Å². The summed E-state index contributed by atoms with van der Waals surface area (Å²) in [6, 6.07) is 2.84. The monoisotopic (exact) mass is 327 g/mol. The molecule has 0 fully saturated rings. The number of carboxylic acid groups (broad SMARTS) is 1. The molecule has 1 unspecified atom stereocenters. The molecule has 1 atom stereocenters. The molecule has 0 spiro atoms. The van der Waals surface area contributed by atoms with Crippen LogP contribution in [0, 0.1) is 0 Å². The smallest absolute Gasteiger partial charge is 0.480 e. The van der Waals surface area contributed by atoms with Crippen molar-refractivity contribution < 1.29 is 27.8 Å². The van der Waals surface area contributed by atoms with E-state index in [2.05, 4.69) is 26.0 Å². The molecule has 1 aromatic carbocycles. The molecule has 0 heterocycles. The lowest BCUT2D eigenvalue weighted by atomic mass is 10.2. The van der Waals surface area contributed by atoms with Gasteiger partial charge in [0.05, 0.1) is 4.47 Å². The summed E-state index contributed by atoms with van der Waals surface area (Å²) < 4.78 is 39.8. The first-order valence-corrected chi connectivity index (χ1v) is 5.53. The summed E-state index contributed by atoms with van der Waals surface area (Å²) in [7, 11) is 0. The number of aliphatic carboxylic acids is 1. The van der Waals surface area contributed by atoms with Gasteiger partial charge in [-0.15, -0.1) is 13.2 Å². The van der Waals surface area contributed by atoms with Gasteiger partial charge in [0.25, 0.3) is 0 Å². The SMILES string of the molecule is CC(Nc1ccc(OC(F)(F)F)c(Br)c1)C(=O)O. The molecular formula is C10H9BrF3NO3. The zero-order chi connectivity index (χ0) is 13.9. The number of anilines is 1. The van der Waals surface area contributed by atoms with Crippen LogP contribution in [0.5, 0.6) is 5.75 Å². The number of carboxylic acids is 1. The molecular weight excluding hydrogens is 319 g/mol. The Balaban J connectivity index is 2.83. The minimum atomic E-state index is -4.77. The molecule has 0 aromatic heterocycles. The summed E-state index contributed by atoms with van der Waals surface area (Å²) in [4.78, 5) is 10.6. The number of carbonyl (C=O) groups is 1. The molecule has 100 valence electrons. The molecule has 0 bridgehead atoms. The van der Waals surface area contributed by atoms with Crippen molar-refractivity contribution in [1.29, 1.82) is 0 Å². The van der Waals surface area contributed by atoms with Gasteiger partial charge in [0.15, 0.2) is 0 Å². The van der Waals surface area contributed by atoms with Gasteiger partial charge >= 0.3 is 12.3 Å². The topological polar surface area (TPSA) is 58.6 Å². The van der Waals surface area contributed by atoms with Gasteiger partial charge in [-0.1, -0.05) is 0 Å². The maximum absolute atomic E-state index is 12.0. The molecule has 4 nitrogen and oxygen atoms in total. The van der Waals surface area contributed by atoms with E-state index in [0.29, 0.717) is 5.69 Å².